The molecule has 1 saturated heterocycles. The van der Waals surface area contributed by atoms with Crippen molar-refractivity contribution in [1.82, 2.24) is 19.7 Å². The van der Waals surface area contributed by atoms with Gasteiger partial charge in [0.25, 0.3) is 17.4 Å². The van der Waals surface area contributed by atoms with Gasteiger partial charge in [0.15, 0.2) is 0 Å². The van der Waals surface area contributed by atoms with Crippen LogP contribution in [0.25, 0.3) is 0 Å². The van der Waals surface area contributed by atoms with Gasteiger partial charge in [-0.25, -0.2) is 0 Å². The predicted molar refractivity (Wildman–Crippen MR) is 122 cm³/mol. The van der Waals surface area contributed by atoms with Crippen LogP contribution < -0.4 is 10.9 Å². The van der Waals surface area contributed by atoms with E-state index in [9.17, 15) is 19.2 Å². The van der Waals surface area contributed by atoms with Gasteiger partial charge in [-0.1, -0.05) is 23.7 Å². The van der Waals surface area contributed by atoms with Crippen molar-refractivity contribution in [2.45, 2.75) is 32.4 Å². The van der Waals surface area contributed by atoms with Crippen LogP contribution in [-0.2, 0) is 17.9 Å². The number of carbonyl (C=O) groups is 3. The lowest BCUT2D eigenvalue weighted by molar-refractivity contribution is -0.141. The molecule has 1 saturated carbocycles. The predicted octanol–water partition coefficient (Wildman–Crippen LogP) is 1.90. The van der Waals surface area contributed by atoms with Gasteiger partial charge in [-0.2, -0.15) is 0 Å². The third kappa shape index (κ3) is 4.04. The maximum Gasteiger partial charge on any atom is 0.270 e. The highest BCUT2D eigenvalue weighted by molar-refractivity contribution is 6.30. The molecule has 0 atom stereocenters. The van der Waals surface area contributed by atoms with Gasteiger partial charge < -0.3 is 19.7 Å². The topological polar surface area (TPSA) is 91.7 Å². The fourth-order valence-electron chi connectivity index (χ4n) is 4.49. The first-order chi connectivity index (χ1) is 15.9. The summed E-state index contributed by atoms with van der Waals surface area (Å²) in [5.41, 5.74) is 0.179. The first-order valence-electron chi connectivity index (χ1n) is 11.2. The third-order valence-corrected chi connectivity index (χ3v) is 7.08. The van der Waals surface area contributed by atoms with Crippen LogP contribution in [0.4, 0.5) is 0 Å². The van der Waals surface area contributed by atoms with Crippen LogP contribution in [0.2, 0.25) is 5.02 Å². The van der Waals surface area contributed by atoms with Gasteiger partial charge in [-0.15, -0.1) is 0 Å². The van der Waals surface area contributed by atoms with Crippen LogP contribution in [0.3, 0.4) is 0 Å². The van der Waals surface area contributed by atoms with Gasteiger partial charge in [0.2, 0.25) is 5.91 Å². The number of benzene rings is 1. The smallest absolute Gasteiger partial charge is 0.270 e. The lowest BCUT2D eigenvalue weighted by Gasteiger charge is -2.37. The monoisotopic (exact) mass is 468 g/mol. The van der Waals surface area contributed by atoms with Crippen LogP contribution >= 0.6 is 11.6 Å². The Morgan fingerprint density at radius 1 is 0.970 bits per heavy atom. The number of pyridine rings is 1. The molecule has 0 bridgehead atoms. The first-order valence-corrected chi connectivity index (χ1v) is 11.6. The summed E-state index contributed by atoms with van der Waals surface area (Å²) in [6.07, 6.45) is 2.63. The molecule has 172 valence electrons. The zero-order valence-corrected chi connectivity index (χ0v) is 18.9. The molecule has 3 heterocycles. The summed E-state index contributed by atoms with van der Waals surface area (Å²) >= 11 is 5.88. The average molecular weight is 469 g/mol. The van der Waals surface area contributed by atoms with Crippen molar-refractivity contribution in [2.24, 2.45) is 5.41 Å². The normalized spacial score (nSPS) is 18.4. The number of hydrogen-bond acceptors (Lipinski definition) is 4. The van der Waals surface area contributed by atoms with Gasteiger partial charge in [0, 0.05) is 44.3 Å². The van der Waals surface area contributed by atoms with E-state index in [4.69, 9.17) is 11.6 Å². The summed E-state index contributed by atoms with van der Waals surface area (Å²) in [7, 11) is 0. The van der Waals surface area contributed by atoms with Crippen molar-refractivity contribution in [3.63, 3.8) is 0 Å². The summed E-state index contributed by atoms with van der Waals surface area (Å²) in [6.45, 7) is 2.89. The molecule has 1 aromatic heterocycles. The zero-order chi connectivity index (χ0) is 23.2. The Morgan fingerprint density at radius 2 is 1.70 bits per heavy atom. The minimum absolute atomic E-state index is 0.000544. The Balaban J connectivity index is 1.28. The van der Waals surface area contributed by atoms with E-state index in [-0.39, 0.29) is 29.6 Å². The number of fused-ring (bicyclic) bond motifs is 1. The van der Waals surface area contributed by atoms with Gasteiger partial charge in [0.1, 0.15) is 11.3 Å². The second kappa shape index (κ2) is 8.33. The molecule has 8 nitrogen and oxygen atoms in total. The molecule has 2 aliphatic heterocycles. The Bertz CT molecular complexity index is 1180. The molecule has 1 N–H and O–H groups in total. The molecule has 2 fully saturated rings. The number of hydrogen-bond donors (Lipinski definition) is 1. The molecular formula is C24H25ClN4O4. The molecule has 5 rings (SSSR count). The SMILES string of the molecule is O=C(NCc1ccc(Cl)cc1)c1ccc2n(c1=O)CCN(CC1(C(=O)N3CCC3)CC1)C2=O. The maximum atomic E-state index is 13.1. The lowest BCUT2D eigenvalue weighted by Crippen LogP contribution is -2.52. The standard InChI is InChI=1S/C24H25ClN4O4/c25-17-4-2-16(3-5-17)14-26-20(30)18-6-7-19-22(32)28(12-13-29(19)21(18)31)15-24(8-9-24)23(33)27-10-1-11-27/h2-7H,1,8-15H2,(H,26,30). The molecule has 1 aromatic carbocycles. The highest BCUT2D eigenvalue weighted by Gasteiger charge is 2.54. The summed E-state index contributed by atoms with van der Waals surface area (Å²) < 4.78 is 1.37. The van der Waals surface area contributed by atoms with E-state index in [0.29, 0.717) is 24.7 Å². The van der Waals surface area contributed by atoms with Crippen LogP contribution in [-0.4, -0.2) is 58.3 Å². The molecule has 2 aromatic rings. The van der Waals surface area contributed by atoms with Gasteiger partial charge >= 0.3 is 0 Å². The highest BCUT2D eigenvalue weighted by atomic mass is 35.5. The van der Waals surface area contributed by atoms with Crippen molar-refractivity contribution in [3.05, 3.63) is 68.6 Å². The maximum absolute atomic E-state index is 13.1. The molecule has 1 aliphatic carbocycles. The highest BCUT2D eigenvalue weighted by Crippen LogP contribution is 2.48. The summed E-state index contributed by atoms with van der Waals surface area (Å²) in [4.78, 5) is 55.0. The number of likely N-dealkylation sites (tertiary alicyclic amines) is 1. The number of halogens is 1. The van der Waals surface area contributed by atoms with Crippen molar-refractivity contribution >= 4 is 29.3 Å². The molecule has 0 spiro atoms. The molecular weight excluding hydrogens is 444 g/mol. The van der Waals surface area contributed by atoms with E-state index in [1.165, 1.54) is 16.7 Å². The minimum Gasteiger partial charge on any atom is -0.348 e. The summed E-state index contributed by atoms with van der Waals surface area (Å²) in [5, 5.41) is 3.35. The van der Waals surface area contributed by atoms with Crippen LogP contribution in [0.15, 0.2) is 41.2 Å². The lowest BCUT2D eigenvalue weighted by atomic mass is 10.0. The van der Waals surface area contributed by atoms with Crippen LogP contribution in [0.1, 0.15) is 45.7 Å². The van der Waals surface area contributed by atoms with E-state index in [1.54, 1.807) is 29.2 Å². The van der Waals surface area contributed by atoms with Crippen LogP contribution in [0.5, 0.6) is 0 Å². The molecule has 33 heavy (non-hydrogen) atoms. The number of rotatable bonds is 6. The van der Waals surface area contributed by atoms with Crippen molar-refractivity contribution in [1.29, 1.82) is 0 Å². The van der Waals surface area contributed by atoms with Crippen molar-refractivity contribution in [2.75, 3.05) is 26.2 Å². The molecule has 3 aliphatic rings. The van der Waals surface area contributed by atoms with Gasteiger partial charge in [-0.3, -0.25) is 19.2 Å². The Morgan fingerprint density at radius 3 is 2.33 bits per heavy atom. The summed E-state index contributed by atoms with van der Waals surface area (Å²) in [6, 6.07) is 10.0. The third-order valence-electron chi connectivity index (χ3n) is 6.83. The number of carbonyl (C=O) groups excluding carboxylic acids is 3. The fourth-order valence-corrected chi connectivity index (χ4v) is 4.61. The number of nitrogens with zero attached hydrogens (tertiary/aromatic N) is 3. The largest absolute Gasteiger partial charge is 0.348 e. The van der Waals surface area contributed by atoms with E-state index in [0.717, 1.165) is 37.9 Å². The quantitative estimate of drug-likeness (QED) is 0.701. The van der Waals surface area contributed by atoms with E-state index < -0.39 is 16.9 Å². The minimum atomic E-state index is -0.489. The zero-order valence-electron chi connectivity index (χ0n) is 18.2. The number of aromatic nitrogens is 1. The second-order valence-electron chi connectivity index (χ2n) is 9.05. The molecule has 9 heteroatoms. The Labute approximate surface area is 196 Å². The van der Waals surface area contributed by atoms with E-state index in [2.05, 4.69) is 5.32 Å². The Hall–Kier alpha value is -3.13. The number of amides is 3. The van der Waals surface area contributed by atoms with Crippen LogP contribution in [0, 0.1) is 5.41 Å². The average Bonchev–Trinajstić information content (AvgIpc) is 3.55. The first kappa shape index (κ1) is 21.7. The van der Waals surface area contributed by atoms with Gasteiger partial charge in [0.05, 0.1) is 5.41 Å². The molecule has 3 amide bonds. The second-order valence-corrected chi connectivity index (χ2v) is 9.49. The summed E-state index contributed by atoms with van der Waals surface area (Å²) in [5.74, 6) is -0.608. The van der Waals surface area contributed by atoms with Gasteiger partial charge in [-0.05, 0) is 49.1 Å². The van der Waals surface area contributed by atoms with Crippen molar-refractivity contribution in [3.8, 4) is 0 Å². The Kier molecular flexibility index (Phi) is 5.48. The fraction of sp³-hybridized carbons (Fsp3) is 0.417. The van der Waals surface area contributed by atoms with E-state index >= 15 is 0 Å². The number of nitrogens with one attached hydrogen (secondary N) is 1. The van der Waals surface area contributed by atoms with E-state index in [1.807, 2.05) is 4.90 Å². The molecule has 0 radical (unpaired) electrons. The van der Waals surface area contributed by atoms with Crippen molar-refractivity contribution < 1.29 is 14.4 Å². The molecule has 0 unspecified atom stereocenters.